The molecular formula is C14H17N5OS. The molecule has 0 aliphatic heterocycles. The number of rotatable bonds is 5. The Balaban J connectivity index is 2.04. The van der Waals surface area contributed by atoms with E-state index in [0.717, 1.165) is 53.7 Å². The molecule has 0 fully saturated rings. The van der Waals surface area contributed by atoms with Crippen LogP contribution in [0.3, 0.4) is 0 Å². The van der Waals surface area contributed by atoms with Gasteiger partial charge < -0.3 is 10.2 Å². The van der Waals surface area contributed by atoms with E-state index in [-0.39, 0.29) is 0 Å². The van der Waals surface area contributed by atoms with Crippen molar-refractivity contribution in [1.29, 1.82) is 0 Å². The summed E-state index contributed by atoms with van der Waals surface area (Å²) < 4.78 is 0. The lowest BCUT2D eigenvalue weighted by Crippen LogP contribution is -2.24. The molecule has 110 valence electrons. The van der Waals surface area contributed by atoms with Gasteiger partial charge in [0.25, 0.3) is 0 Å². The van der Waals surface area contributed by atoms with Gasteiger partial charge in [-0.15, -0.1) is 0 Å². The molecule has 0 saturated carbocycles. The van der Waals surface area contributed by atoms with Crippen LogP contribution in [0.25, 0.3) is 10.6 Å². The molecule has 1 aliphatic carbocycles. The van der Waals surface area contributed by atoms with E-state index in [9.17, 15) is 4.79 Å². The van der Waals surface area contributed by atoms with Crippen LogP contribution in [-0.4, -0.2) is 34.5 Å². The van der Waals surface area contributed by atoms with E-state index in [2.05, 4.69) is 34.0 Å². The summed E-state index contributed by atoms with van der Waals surface area (Å²) in [5, 5.41) is 3.26. The van der Waals surface area contributed by atoms with Gasteiger partial charge >= 0.3 is 0 Å². The highest BCUT2D eigenvalue weighted by atomic mass is 32.1. The number of carbonyl (C=O) groups is 1. The van der Waals surface area contributed by atoms with Gasteiger partial charge in [-0.05, 0) is 32.3 Å². The van der Waals surface area contributed by atoms with Crippen LogP contribution in [0, 0.1) is 0 Å². The second-order valence-corrected chi connectivity index (χ2v) is 5.77. The van der Waals surface area contributed by atoms with Crippen molar-refractivity contribution in [2.45, 2.75) is 26.7 Å². The monoisotopic (exact) mass is 303 g/mol. The minimum absolute atomic E-state index is 0.630. The quantitative estimate of drug-likeness (QED) is 0.857. The zero-order valence-corrected chi connectivity index (χ0v) is 12.9. The number of fused-ring (bicyclic) bond motifs is 3. The normalized spacial score (nSPS) is 12.5. The van der Waals surface area contributed by atoms with Crippen LogP contribution in [0.5, 0.6) is 0 Å². The van der Waals surface area contributed by atoms with Crippen LogP contribution in [-0.2, 0) is 17.6 Å². The van der Waals surface area contributed by atoms with E-state index in [0.29, 0.717) is 11.5 Å². The van der Waals surface area contributed by atoms with E-state index in [1.807, 2.05) is 6.20 Å². The highest BCUT2D eigenvalue weighted by Crippen LogP contribution is 2.38. The lowest BCUT2D eigenvalue weighted by Gasteiger charge is -2.21. The second-order valence-electron chi connectivity index (χ2n) is 4.77. The average Bonchev–Trinajstić information content (AvgIpc) is 2.92. The maximum absolute atomic E-state index is 10.6. The van der Waals surface area contributed by atoms with Gasteiger partial charge in [0.05, 0.1) is 16.3 Å². The summed E-state index contributed by atoms with van der Waals surface area (Å²) in [5.41, 5.74) is 3.13. The van der Waals surface area contributed by atoms with Crippen LogP contribution < -0.4 is 10.2 Å². The van der Waals surface area contributed by atoms with Crippen LogP contribution in [0.15, 0.2) is 6.20 Å². The van der Waals surface area contributed by atoms with Gasteiger partial charge in [0.1, 0.15) is 0 Å². The topological polar surface area (TPSA) is 71.0 Å². The molecule has 0 spiro atoms. The predicted octanol–water partition coefficient (Wildman–Crippen LogP) is 2.11. The minimum Gasteiger partial charge on any atom is -0.341 e. The summed E-state index contributed by atoms with van der Waals surface area (Å²) in [5.74, 6) is 0.755. The fourth-order valence-electron chi connectivity index (χ4n) is 2.51. The van der Waals surface area contributed by atoms with E-state index in [4.69, 9.17) is 4.98 Å². The first-order valence-corrected chi connectivity index (χ1v) is 7.89. The number of hydrogen-bond donors (Lipinski definition) is 1. The Labute approximate surface area is 127 Å². The fraction of sp³-hybridized carbons (Fsp3) is 0.429. The largest absolute Gasteiger partial charge is 0.341 e. The van der Waals surface area contributed by atoms with Crippen LogP contribution in [0.2, 0.25) is 0 Å². The number of hydrogen-bond acceptors (Lipinski definition) is 6. The first-order chi connectivity index (χ1) is 10.3. The Morgan fingerprint density at radius 3 is 2.86 bits per heavy atom. The van der Waals surface area contributed by atoms with Gasteiger partial charge in [-0.25, -0.2) is 15.0 Å². The molecule has 2 aromatic rings. The maximum atomic E-state index is 10.6. The maximum Gasteiger partial charge on any atom is 0.225 e. The molecule has 6 nitrogen and oxygen atoms in total. The van der Waals surface area contributed by atoms with Gasteiger partial charge in [0.15, 0.2) is 5.13 Å². The van der Waals surface area contributed by atoms with Crippen molar-refractivity contribution in [3.05, 3.63) is 17.5 Å². The number of thiazole rings is 1. The first-order valence-electron chi connectivity index (χ1n) is 7.07. The minimum atomic E-state index is 0.630. The summed E-state index contributed by atoms with van der Waals surface area (Å²) in [6, 6.07) is 0. The third-order valence-corrected chi connectivity index (χ3v) is 4.66. The molecule has 0 aromatic carbocycles. The van der Waals surface area contributed by atoms with E-state index < -0.39 is 0 Å². The number of aryl methyl sites for hydroxylation is 2. The third-order valence-electron chi connectivity index (χ3n) is 3.62. The van der Waals surface area contributed by atoms with Crippen molar-refractivity contribution in [3.8, 4) is 10.6 Å². The van der Waals surface area contributed by atoms with Gasteiger partial charge in [-0.1, -0.05) is 11.3 Å². The Hall–Kier alpha value is -2.02. The van der Waals surface area contributed by atoms with Crippen LogP contribution in [0.1, 0.15) is 25.1 Å². The van der Waals surface area contributed by atoms with Gasteiger partial charge in [-0.2, -0.15) is 0 Å². The smallest absolute Gasteiger partial charge is 0.225 e. The van der Waals surface area contributed by atoms with Crippen LogP contribution in [0.4, 0.5) is 11.1 Å². The van der Waals surface area contributed by atoms with Crippen molar-refractivity contribution in [1.82, 2.24) is 15.0 Å². The molecule has 3 rings (SSSR count). The number of amides is 1. The zero-order chi connectivity index (χ0) is 14.8. The predicted molar refractivity (Wildman–Crippen MR) is 83.8 cm³/mol. The Bertz CT molecular complexity index is 665. The van der Waals surface area contributed by atoms with E-state index in [1.54, 1.807) is 0 Å². The van der Waals surface area contributed by atoms with Crippen LogP contribution >= 0.6 is 11.3 Å². The molecule has 2 aromatic heterocycles. The molecule has 21 heavy (non-hydrogen) atoms. The summed E-state index contributed by atoms with van der Waals surface area (Å²) in [4.78, 5) is 27.4. The number of aromatic nitrogens is 3. The molecule has 0 unspecified atom stereocenters. The van der Waals surface area contributed by atoms with E-state index in [1.165, 1.54) is 11.3 Å². The van der Waals surface area contributed by atoms with Gasteiger partial charge in [0.2, 0.25) is 12.4 Å². The van der Waals surface area contributed by atoms with Crippen molar-refractivity contribution in [3.63, 3.8) is 0 Å². The SMILES string of the molecule is CCN(CC)c1ncc2c(n1)-c1sc(NC=O)nc1CC2. The Kier molecular flexibility index (Phi) is 3.83. The molecule has 0 radical (unpaired) electrons. The standard InChI is InChI=1S/C14H17N5OS/c1-3-19(4-2)13-15-7-9-5-6-10-12(11(9)18-13)21-14(17-10)16-8-20/h7-8H,3-6H2,1-2H3,(H,16,17,20). The number of nitrogens with one attached hydrogen (secondary N) is 1. The summed E-state index contributed by atoms with van der Waals surface area (Å²) in [7, 11) is 0. The second kappa shape index (κ2) is 5.77. The molecule has 0 bridgehead atoms. The molecule has 7 heteroatoms. The molecule has 2 heterocycles. The highest BCUT2D eigenvalue weighted by Gasteiger charge is 2.23. The molecule has 0 saturated heterocycles. The zero-order valence-electron chi connectivity index (χ0n) is 12.1. The molecular weight excluding hydrogens is 286 g/mol. The average molecular weight is 303 g/mol. The lowest BCUT2D eigenvalue weighted by molar-refractivity contribution is -0.105. The number of carbonyl (C=O) groups excluding carboxylic acids is 1. The van der Waals surface area contributed by atoms with Crippen molar-refractivity contribution in [2.75, 3.05) is 23.3 Å². The molecule has 1 amide bonds. The first kappa shape index (κ1) is 13.9. The van der Waals surface area contributed by atoms with Crippen molar-refractivity contribution >= 4 is 28.8 Å². The summed E-state index contributed by atoms with van der Waals surface area (Å²) in [6.45, 7) is 5.94. The van der Waals surface area contributed by atoms with Crippen molar-refractivity contribution in [2.24, 2.45) is 0 Å². The number of anilines is 2. The van der Waals surface area contributed by atoms with Crippen molar-refractivity contribution < 1.29 is 4.79 Å². The summed E-state index contributed by atoms with van der Waals surface area (Å²) in [6.07, 6.45) is 4.34. The number of nitrogens with zero attached hydrogens (tertiary/aromatic N) is 4. The Morgan fingerprint density at radius 2 is 2.14 bits per heavy atom. The Morgan fingerprint density at radius 1 is 1.33 bits per heavy atom. The fourth-order valence-corrected chi connectivity index (χ4v) is 3.50. The third kappa shape index (κ3) is 2.49. The van der Waals surface area contributed by atoms with Gasteiger partial charge in [0, 0.05) is 19.3 Å². The molecule has 1 aliphatic rings. The van der Waals surface area contributed by atoms with E-state index >= 15 is 0 Å². The molecule has 0 atom stereocenters. The van der Waals surface area contributed by atoms with Gasteiger partial charge in [-0.3, -0.25) is 4.79 Å². The highest BCUT2D eigenvalue weighted by molar-refractivity contribution is 7.19. The summed E-state index contributed by atoms with van der Waals surface area (Å²) >= 11 is 1.48. The lowest BCUT2D eigenvalue weighted by atomic mass is 10.00. The molecule has 1 N–H and O–H groups in total.